The summed E-state index contributed by atoms with van der Waals surface area (Å²) in [6.45, 7) is 15.1. The minimum atomic E-state index is 0. The third-order valence-electron chi connectivity index (χ3n) is 6.29. The standard InChI is InChI=1S/C25H34N2.ClH/c1-16(2)19-12-22(17(3)4)25(23(13-19)18(5)6)24-9-7-8-21-14-26(15-27(21)24)20-10-11-20;/h7-9,12-14,16-18,20H,10-11,15H2,1-6H3;1H. The van der Waals surface area contributed by atoms with Crippen molar-refractivity contribution < 1.29 is 17.3 Å². The topological polar surface area (TPSA) is 7.68 Å². The fourth-order valence-electron chi connectivity index (χ4n) is 4.45. The first-order valence-electron chi connectivity index (χ1n) is 10.8. The van der Waals surface area contributed by atoms with Gasteiger partial charge in [0.1, 0.15) is 6.20 Å². The number of nitrogens with one attached hydrogen (secondary N) is 1. The molecule has 1 unspecified atom stereocenters. The van der Waals surface area contributed by atoms with Crippen molar-refractivity contribution in [3.8, 4) is 0 Å². The summed E-state index contributed by atoms with van der Waals surface area (Å²) in [4.78, 5) is 4.20. The van der Waals surface area contributed by atoms with Crippen LogP contribution in [0.15, 0.2) is 42.3 Å². The van der Waals surface area contributed by atoms with E-state index in [-0.39, 0.29) is 12.4 Å². The Kier molecular flexibility index (Phi) is 6.12. The molecule has 0 bridgehead atoms. The molecule has 2 heterocycles. The maximum absolute atomic E-state index is 2.57. The fourth-order valence-corrected chi connectivity index (χ4v) is 4.45. The predicted molar refractivity (Wildman–Crippen MR) is 115 cm³/mol. The van der Waals surface area contributed by atoms with E-state index in [4.69, 9.17) is 0 Å². The number of hydrogen-bond donors (Lipinski definition) is 1. The minimum Gasteiger partial charge on any atom is -1.00 e. The van der Waals surface area contributed by atoms with E-state index in [1.807, 2.05) is 0 Å². The van der Waals surface area contributed by atoms with Crippen molar-refractivity contribution in [2.45, 2.75) is 78.2 Å². The summed E-state index contributed by atoms with van der Waals surface area (Å²) in [5.74, 6) is 1.60. The number of allylic oxidation sites excluding steroid dienone is 3. The van der Waals surface area contributed by atoms with E-state index >= 15 is 0 Å². The maximum Gasteiger partial charge on any atom is 0.162 e. The van der Waals surface area contributed by atoms with Crippen LogP contribution in [0.3, 0.4) is 0 Å². The zero-order valence-corrected chi connectivity index (χ0v) is 19.0. The van der Waals surface area contributed by atoms with Crippen LogP contribution in [0.25, 0.3) is 5.70 Å². The molecule has 1 aromatic carbocycles. The second-order valence-corrected chi connectivity index (χ2v) is 9.45. The first-order chi connectivity index (χ1) is 12.9. The van der Waals surface area contributed by atoms with Gasteiger partial charge >= 0.3 is 0 Å². The molecule has 4 rings (SSSR count). The lowest BCUT2D eigenvalue weighted by atomic mass is 9.82. The lowest BCUT2D eigenvalue weighted by molar-refractivity contribution is -0.859. The molecular weight excluding hydrogens is 364 g/mol. The molecule has 152 valence electrons. The predicted octanol–water partition coefficient (Wildman–Crippen LogP) is 2.13. The number of nitrogens with zero attached hydrogens (tertiary/aromatic N) is 1. The van der Waals surface area contributed by atoms with Gasteiger partial charge in [0.25, 0.3) is 0 Å². The molecule has 1 aromatic rings. The average molecular weight is 399 g/mol. The largest absolute Gasteiger partial charge is 1.00 e. The second kappa shape index (κ2) is 8.08. The molecule has 0 aromatic heterocycles. The van der Waals surface area contributed by atoms with Crippen molar-refractivity contribution in [3.05, 3.63) is 64.5 Å². The van der Waals surface area contributed by atoms with Crippen LogP contribution in [0.2, 0.25) is 0 Å². The Bertz CT molecular complexity index is 796. The fraction of sp³-hybridized carbons (Fsp3) is 0.520. The Labute approximate surface area is 177 Å². The van der Waals surface area contributed by atoms with E-state index in [0.717, 1.165) is 12.7 Å². The molecule has 0 saturated heterocycles. The number of halogens is 1. The molecule has 0 amide bonds. The zero-order chi connectivity index (χ0) is 19.3. The molecule has 1 N–H and O–H groups in total. The van der Waals surface area contributed by atoms with Gasteiger partial charge < -0.3 is 12.4 Å². The van der Waals surface area contributed by atoms with E-state index in [0.29, 0.717) is 17.8 Å². The second-order valence-electron chi connectivity index (χ2n) is 9.45. The van der Waals surface area contributed by atoms with Gasteiger partial charge in [-0.15, -0.1) is 0 Å². The highest BCUT2D eigenvalue weighted by atomic mass is 35.5. The molecular formula is C25H35ClN2. The molecule has 2 aliphatic heterocycles. The molecule has 1 fully saturated rings. The third kappa shape index (κ3) is 3.82. The van der Waals surface area contributed by atoms with Crippen LogP contribution < -0.4 is 17.3 Å². The van der Waals surface area contributed by atoms with E-state index in [1.165, 1.54) is 46.5 Å². The van der Waals surface area contributed by atoms with Crippen LogP contribution >= 0.6 is 0 Å². The van der Waals surface area contributed by atoms with Crippen LogP contribution in [0, 0.1) is 0 Å². The van der Waals surface area contributed by atoms with Crippen LogP contribution in [-0.4, -0.2) is 17.6 Å². The number of benzene rings is 1. The van der Waals surface area contributed by atoms with Crippen LogP contribution in [0.4, 0.5) is 0 Å². The van der Waals surface area contributed by atoms with E-state index in [1.54, 1.807) is 4.90 Å². The molecule has 28 heavy (non-hydrogen) atoms. The summed E-state index contributed by atoms with van der Waals surface area (Å²) in [6.07, 6.45) is 12.1. The molecule has 3 aliphatic rings. The van der Waals surface area contributed by atoms with Gasteiger partial charge in [-0.1, -0.05) is 59.8 Å². The van der Waals surface area contributed by atoms with E-state index < -0.39 is 0 Å². The van der Waals surface area contributed by atoms with Crippen LogP contribution in [0.1, 0.15) is 94.4 Å². The summed E-state index contributed by atoms with van der Waals surface area (Å²) in [6, 6.07) is 5.79. The van der Waals surface area contributed by atoms with Gasteiger partial charge in [-0.3, -0.25) is 9.80 Å². The summed E-state index contributed by atoms with van der Waals surface area (Å²) in [7, 11) is 0. The van der Waals surface area contributed by atoms with E-state index in [2.05, 4.69) is 83.0 Å². The van der Waals surface area contributed by atoms with Crippen molar-refractivity contribution in [3.63, 3.8) is 0 Å². The molecule has 2 nitrogen and oxygen atoms in total. The molecule has 1 aliphatic carbocycles. The average Bonchev–Trinajstić information content (AvgIpc) is 3.38. The summed E-state index contributed by atoms with van der Waals surface area (Å²) in [5.41, 5.74) is 8.75. The quantitative estimate of drug-likeness (QED) is 0.798. The first kappa shape index (κ1) is 21.2. The van der Waals surface area contributed by atoms with Gasteiger partial charge in [0.15, 0.2) is 6.67 Å². The summed E-state index contributed by atoms with van der Waals surface area (Å²) < 4.78 is 0. The molecule has 1 atom stereocenters. The smallest absolute Gasteiger partial charge is 0.162 e. The van der Waals surface area contributed by atoms with Crippen molar-refractivity contribution in [1.82, 2.24) is 4.90 Å². The zero-order valence-electron chi connectivity index (χ0n) is 18.2. The lowest BCUT2D eigenvalue weighted by Crippen LogP contribution is -3.08. The SMILES string of the molecule is CC(C)c1cc(C(C)C)c(C2=CC=CC3=C[NH+](C4CC4)CN32)c(C(C)C)c1.[Cl-]. The van der Waals surface area contributed by atoms with Gasteiger partial charge in [-0.2, -0.15) is 0 Å². The van der Waals surface area contributed by atoms with Crippen molar-refractivity contribution in [1.29, 1.82) is 0 Å². The van der Waals surface area contributed by atoms with Gasteiger partial charge in [0.2, 0.25) is 0 Å². The van der Waals surface area contributed by atoms with Crippen molar-refractivity contribution in [2.24, 2.45) is 0 Å². The van der Waals surface area contributed by atoms with Crippen LogP contribution in [-0.2, 0) is 0 Å². The first-order valence-corrected chi connectivity index (χ1v) is 10.8. The summed E-state index contributed by atoms with van der Waals surface area (Å²) in [5, 5.41) is 0. The molecule has 1 saturated carbocycles. The van der Waals surface area contributed by atoms with Gasteiger partial charge in [-0.05, 0) is 46.6 Å². The van der Waals surface area contributed by atoms with Gasteiger partial charge in [0, 0.05) is 18.4 Å². The van der Waals surface area contributed by atoms with Crippen molar-refractivity contribution >= 4 is 5.70 Å². The number of rotatable bonds is 5. The maximum atomic E-state index is 2.57. The Morgan fingerprint density at radius 1 is 0.929 bits per heavy atom. The highest BCUT2D eigenvalue weighted by Crippen LogP contribution is 2.40. The molecule has 0 spiro atoms. The van der Waals surface area contributed by atoms with Gasteiger partial charge in [0.05, 0.1) is 17.4 Å². The lowest BCUT2D eigenvalue weighted by Gasteiger charge is -2.30. The highest BCUT2D eigenvalue weighted by molar-refractivity contribution is 5.75. The molecule has 3 heteroatoms. The molecule has 0 radical (unpaired) electrons. The monoisotopic (exact) mass is 398 g/mol. The number of quaternary nitrogens is 1. The number of hydrogen-bond acceptors (Lipinski definition) is 1. The minimum absolute atomic E-state index is 0. The third-order valence-corrected chi connectivity index (χ3v) is 6.29. The van der Waals surface area contributed by atoms with Crippen LogP contribution in [0.5, 0.6) is 0 Å². The Balaban J connectivity index is 0.00000225. The normalized spacial score (nSPS) is 21.2. The Morgan fingerprint density at radius 3 is 2.04 bits per heavy atom. The van der Waals surface area contributed by atoms with E-state index in [9.17, 15) is 0 Å². The summed E-state index contributed by atoms with van der Waals surface area (Å²) >= 11 is 0. The Hall–Kier alpha value is -1.51. The number of fused-ring (bicyclic) bond motifs is 1. The van der Waals surface area contributed by atoms with Gasteiger partial charge in [-0.25, -0.2) is 0 Å². The Morgan fingerprint density at radius 2 is 1.54 bits per heavy atom. The van der Waals surface area contributed by atoms with Crippen molar-refractivity contribution in [2.75, 3.05) is 6.67 Å². The highest BCUT2D eigenvalue weighted by Gasteiger charge is 2.39.